The number of benzene rings is 1. The molecule has 0 bridgehead atoms. The Morgan fingerprint density at radius 2 is 1.72 bits per heavy atom. The molecule has 1 aromatic carbocycles. The molecule has 2 fully saturated rings. The fourth-order valence-corrected chi connectivity index (χ4v) is 4.13. The van der Waals surface area contributed by atoms with E-state index in [9.17, 15) is 14.9 Å². The number of nitrogens with zero attached hydrogens (tertiary/aromatic N) is 6. The molecule has 9 heteroatoms. The highest BCUT2D eigenvalue weighted by molar-refractivity contribution is 5.80. The summed E-state index contributed by atoms with van der Waals surface area (Å²) < 4.78 is 0. The van der Waals surface area contributed by atoms with Crippen molar-refractivity contribution in [2.45, 2.75) is 12.8 Å². The first-order valence-corrected chi connectivity index (χ1v) is 9.92. The van der Waals surface area contributed by atoms with E-state index < -0.39 is 0 Å². The number of rotatable bonds is 4. The minimum Gasteiger partial charge on any atom is -0.362 e. The fourth-order valence-electron chi connectivity index (χ4n) is 4.13. The van der Waals surface area contributed by atoms with Crippen LogP contribution >= 0.6 is 0 Å². The van der Waals surface area contributed by atoms with Crippen molar-refractivity contribution < 1.29 is 9.72 Å². The van der Waals surface area contributed by atoms with Crippen molar-refractivity contribution in [3.63, 3.8) is 0 Å². The Morgan fingerprint density at radius 3 is 2.45 bits per heavy atom. The monoisotopic (exact) mass is 396 g/mol. The Kier molecular flexibility index (Phi) is 5.55. The summed E-state index contributed by atoms with van der Waals surface area (Å²) in [4.78, 5) is 38.6. The average Bonchev–Trinajstić information content (AvgIpc) is 2.79. The lowest BCUT2D eigenvalue weighted by Crippen LogP contribution is -2.52. The van der Waals surface area contributed by atoms with Crippen molar-refractivity contribution in [2.75, 3.05) is 49.1 Å². The SMILES string of the molecule is O=C(C1CCCN(c2ncccn2)C1)N1CCN(c2ccccc2[N+](=O)[O-])CC1. The number of aromatic nitrogens is 2. The minimum atomic E-state index is -0.352. The van der Waals surface area contributed by atoms with Gasteiger partial charge < -0.3 is 14.7 Å². The van der Waals surface area contributed by atoms with Gasteiger partial charge >= 0.3 is 0 Å². The molecule has 0 saturated carbocycles. The topological polar surface area (TPSA) is 95.7 Å². The highest BCUT2D eigenvalue weighted by atomic mass is 16.6. The van der Waals surface area contributed by atoms with Crippen molar-refractivity contribution in [1.82, 2.24) is 14.9 Å². The predicted molar refractivity (Wildman–Crippen MR) is 109 cm³/mol. The van der Waals surface area contributed by atoms with Crippen LogP contribution in [0.2, 0.25) is 0 Å². The first-order valence-electron chi connectivity index (χ1n) is 9.92. The van der Waals surface area contributed by atoms with Crippen LogP contribution in [-0.2, 0) is 4.79 Å². The second kappa shape index (κ2) is 8.42. The van der Waals surface area contributed by atoms with Gasteiger partial charge in [0.2, 0.25) is 11.9 Å². The van der Waals surface area contributed by atoms with Gasteiger partial charge in [-0.25, -0.2) is 9.97 Å². The molecule has 29 heavy (non-hydrogen) atoms. The van der Waals surface area contributed by atoms with Gasteiger partial charge in [-0.15, -0.1) is 0 Å². The van der Waals surface area contributed by atoms with E-state index in [1.807, 2.05) is 15.9 Å². The quantitative estimate of drug-likeness (QED) is 0.576. The zero-order valence-corrected chi connectivity index (χ0v) is 16.2. The Balaban J connectivity index is 1.37. The smallest absolute Gasteiger partial charge is 0.292 e. The van der Waals surface area contributed by atoms with Gasteiger partial charge in [0.05, 0.1) is 10.8 Å². The molecular weight excluding hydrogens is 372 g/mol. The maximum absolute atomic E-state index is 13.1. The maximum Gasteiger partial charge on any atom is 0.292 e. The Bertz CT molecular complexity index is 870. The number of nitro benzene ring substituents is 1. The average molecular weight is 396 g/mol. The van der Waals surface area contributed by atoms with E-state index in [1.54, 1.807) is 30.6 Å². The zero-order chi connectivity index (χ0) is 20.2. The molecule has 0 spiro atoms. The maximum atomic E-state index is 13.1. The van der Waals surface area contributed by atoms with Crippen molar-refractivity contribution in [1.29, 1.82) is 0 Å². The number of hydrogen-bond acceptors (Lipinski definition) is 7. The summed E-state index contributed by atoms with van der Waals surface area (Å²) in [6, 6.07) is 8.56. The molecule has 1 unspecified atom stereocenters. The van der Waals surface area contributed by atoms with Crippen molar-refractivity contribution >= 4 is 23.2 Å². The number of carbonyl (C=O) groups is 1. The molecule has 0 radical (unpaired) electrons. The zero-order valence-electron chi connectivity index (χ0n) is 16.2. The summed E-state index contributed by atoms with van der Waals surface area (Å²) in [5, 5.41) is 11.3. The van der Waals surface area contributed by atoms with Crippen molar-refractivity contribution in [2.24, 2.45) is 5.92 Å². The van der Waals surface area contributed by atoms with Crippen LogP contribution in [0, 0.1) is 16.0 Å². The highest BCUT2D eigenvalue weighted by Gasteiger charge is 2.32. The Labute approximate surface area is 169 Å². The summed E-state index contributed by atoms with van der Waals surface area (Å²) >= 11 is 0. The van der Waals surface area contributed by atoms with Gasteiger partial charge in [-0.2, -0.15) is 0 Å². The molecule has 2 aliphatic rings. The first-order chi connectivity index (χ1) is 14.1. The van der Waals surface area contributed by atoms with Crippen LogP contribution in [0.15, 0.2) is 42.7 Å². The Morgan fingerprint density at radius 1 is 1.00 bits per heavy atom. The minimum absolute atomic E-state index is 0.0647. The number of hydrogen-bond donors (Lipinski definition) is 0. The number of amides is 1. The number of piperidine rings is 1. The van der Waals surface area contributed by atoms with Gasteiger partial charge in [-0.05, 0) is 25.0 Å². The van der Waals surface area contributed by atoms with E-state index >= 15 is 0 Å². The van der Waals surface area contributed by atoms with Gasteiger partial charge in [0.1, 0.15) is 5.69 Å². The summed E-state index contributed by atoms with van der Waals surface area (Å²) in [6.45, 7) is 3.82. The second-order valence-corrected chi connectivity index (χ2v) is 7.39. The van der Waals surface area contributed by atoms with Crippen LogP contribution < -0.4 is 9.80 Å². The van der Waals surface area contributed by atoms with Gasteiger partial charge in [0, 0.05) is 57.7 Å². The number of anilines is 2. The van der Waals surface area contributed by atoms with E-state index in [1.165, 1.54) is 6.07 Å². The predicted octanol–water partition coefficient (Wildman–Crippen LogP) is 1.95. The van der Waals surface area contributed by atoms with E-state index in [2.05, 4.69) is 14.9 Å². The third kappa shape index (κ3) is 4.13. The lowest BCUT2D eigenvalue weighted by Gasteiger charge is -2.39. The Hall–Kier alpha value is -3.23. The van der Waals surface area contributed by atoms with Crippen LogP contribution in [0.25, 0.3) is 0 Å². The van der Waals surface area contributed by atoms with Crippen LogP contribution in [0.3, 0.4) is 0 Å². The lowest BCUT2D eigenvalue weighted by atomic mass is 9.96. The molecule has 1 amide bonds. The molecule has 3 heterocycles. The van der Waals surface area contributed by atoms with Crippen LogP contribution in [-0.4, -0.2) is 65.0 Å². The molecule has 2 saturated heterocycles. The number of nitro groups is 1. The van der Waals surface area contributed by atoms with E-state index in [0.717, 1.165) is 19.4 Å². The van der Waals surface area contributed by atoms with Crippen LogP contribution in [0.1, 0.15) is 12.8 Å². The number of piperazine rings is 1. The molecule has 152 valence electrons. The van der Waals surface area contributed by atoms with Crippen LogP contribution in [0.4, 0.5) is 17.3 Å². The van der Waals surface area contributed by atoms with Gasteiger partial charge in [-0.3, -0.25) is 14.9 Å². The molecule has 9 nitrogen and oxygen atoms in total. The molecule has 4 rings (SSSR count). The molecule has 1 aromatic heterocycles. The number of carbonyl (C=O) groups excluding carboxylic acids is 1. The second-order valence-electron chi connectivity index (χ2n) is 7.39. The van der Waals surface area contributed by atoms with E-state index in [0.29, 0.717) is 44.4 Å². The third-order valence-corrected chi connectivity index (χ3v) is 5.62. The third-order valence-electron chi connectivity index (χ3n) is 5.62. The summed E-state index contributed by atoms with van der Waals surface area (Å²) in [5.41, 5.74) is 0.729. The first kappa shape index (κ1) is 19.1. The molecule has 1 atom stereocenters. The van der Waals surface area contributed by atoms with Gasteiger partial charge in [-0.1, -0.05) is 12.1 Å². The van der Waals surface area contributed by atoms with Crippen LogP contribution in [0.5, 0.6) is 0 Å². The standard InChI is InChI=1S/C20H24N6O3/c27-19(16-5-3-10-25(15-16)20-21-8-4-9-22-20)24-13-11-23(12-14-24)17-6-1-2-7-18(17)26(28)29/h1-2,4,6-9,16H,3,5,10-15H2. The molecule has 0 N–H and O–H groups in total. The normalized spacial score (nSPS) is 19.9. The number of para-hydroxylation sites is 2. The van der Waals surface area contributed by atoms with Crippen molar-refractivity contribution in [3.05, 3.63) is 52.8 Å². The summed E-state index contributed by atoms with van der Waals surface area (Å²) in [5.74, 6) is 0.768. The van der Waals surface area contributed by atoms with Gasteiger partial charge in [0.25, 0.3) is 5.69 Å². The molecular formula is C20H24N6O3. The van der Waals surface area contributed by atoms with Crippen molar-refractivity contribution in [3.8, 4) is 0 Å². The van der Waals surface area contributed by atoms with E-state index in [-0.39, 0.29) is 22.4 Å². The van der Waals surface area contributed by atoms with E-state index in [4.69, 9.17) is 0 Å². The highest BCUT2D eigenvalue weighted by Crippen LogP contribution is 2.29. The summed E-state index contributed by atoms with van der Waals surface area (Å²) in [6.07, 6.45) is 5.24. The molecule has 2 aliphatic heterocycles. The summed E-state index contributed by atoms with van der Waals surface area (Å²) in [7, 11) is 0. The lowest BCUT2D eigenvalue weighted by molar-refractivity contribution is -0.384. The van der Waals surface area contributed by atoms with Gasteiger partial charge in [0.15, 0.2) is 0 Å². The largest absolute Gasteiger partial charge is 0.362 e. The molecule has 0 aliphatic carbocycles. The molecule has 2 aromatic rings. The fraction of sp³-hybridized carbons (Fsp3) is 0.450.